The van der Waals surface area contributed by atoms with E-state index in [2.05, 4.69) is 43.9 Å². The number of fused-ring (bicyclic) bond motifs is 3. The van der Waals surface area contributed by atoms with Gasteiger partial charge >= 0.3 is 0 Å². The van der Waals surface area contributed by atoms with Crippen LogP contribution in [0.4, 0.5) is 5.69 Å². The molecule has 1 aromatic heterocycles. The fourth-order valence-corrected chi connectivity index (χ4v) is 3.68. The van der Waals surface area contributed by atoms with Gasteiger partial charge in [-0.2, -0.15) is 0 Å². The van der Waals surface area contributed by atoms with Gasteiger partial charge in [0.1, 0.15) is 11.7 Å². The van der Waals surface area contributed by atoms with Crippen LogP contribution in [-0.4, -0.2) is 38.6 Å². The first-order valence-electron chi connectivity index (χ1n) is 8.82. The van der Waals surface area contributed by atoms with E-state index < -0.39 is 0 Å². The molecule has 1 saturated heterocycles. The van der Waals surface area contributed by atoms with Gasteiger partial charge in [-0.05, 0) is 25.0 Å². The highest BCUT2D eigenvalue weighted by Gasteiger charge is 2.25. The van der Waals surface area contributed by atoms with Gasteiger partial charge in [0.2, 0.25) is 0 Å². The Labute approximate surface area is 146 Å². The number of nitrogens with zero attached hydrogens (tertiary/aromatic N) is 5. The molecule has 1 fully saturated rings. The van der Waals surface area contributed by atoms with Crippen molar-refractivity contribution < 1.29 is 0 Å². The third-order valence-corrected chi connectivity index (χ3v) is 4.92. The Morgan fingerprint density at radius 1 is 0.800 bits per heavy atom. The lowest BCUT2D eigenvalue weighted by Crippen LogP contribution is -2.29. The van der Waals surface area contributed by atoms with Crippen LogP contribution in [0.1, 0.15) is 18.7 Å². The summed E-state index contributed by atoms with van der Waals surface area (Å²) in [5.41, 5.74) is 3.11. The number of benzene rings is 2. The summed E-state index contributed by atoms with van der Waals surface area (Å²) in [5, 5.41) is 9.03. The lowest BCUT2D eigenvalue weighted by atomic mass is 10.2. The van der Waals surface area contributed by atoms with Gasteiger partial charge in [-0.1, -0.05) is 42.5 Å². The minimum absolute atomic E-state index is 0.717. The molecule has 124 valence electrons. The van der Waals surface area contributed by atoms with Crippen LogP contribution in [0.25, 0.3) is 17.1 Å². The van der Waals surface area contributed by atoms with Crippen LogP contribution in [0.15, 0.2) is 59.6 Å². The maximum absolute atomic E-state index is 5.00. The highest BCUT2D eigenvalue weighted by atomic mass is 15.3. The molecular formula is C20H19N5. The van der Waals surface area contributed by atoms with E-state index in [1.54, 1.807) is 0 Å². The molecule has 0 spiro atoms. The van der Waals surface area contributed by atoms with Gasteiger partial charge in [0.15, 0.2) is 5.82 Å². The summed E-state index contributed by atoms with van der Waals surface area (Å²) < 4.78 is 2.16. The number of aliphatic imine (C=N–C) groups is 1. The summed E-state index contributed by atoms with van der Waals surface area (Å²) >= 11 is 0. The lowest BCUT2D eigenvalue weighted by Gasteiger charge is -2.18. The smallest absolute Gasteiger partial charge is 0.168 e. The number of para-hydroxylation sites is 2. The molecule has 2 aliphatic heterocycles. The van der Waals surface area contributed by atoms with E-state index in [0.717, 1.165) is 47.5 Å². The van der Waals surface area contributed by atoms with Gasteiger partial charge in [-0.25, -0.2) is 4.99 Å². The summed E-state index contributed by atoms with van der Waals surface area (Å²) in [6.07, 6.45) is 3.19. The maximum Gasteiger partial charge on any atom is 0.168 e. The molecule has 0 amide bonds. The number of aromatic nitrogens is 3. The highest BCUT2D eigenvalue weighted by molar-refractivity contribution is 5.89. The number of hydrogen-bond acceptors (Lipinski definition) is 4. The second-order valence-electron chi connectivity index (χ2n) is 6.53. The average Bonchev–Trinajstić information content (AvgIpc) is 3.30. The van der Waals surface area contributed by atoms with Gasteiger partial charge in [-0.3, -0.25) is 4.57 Å². The van der Waals surface area contributed by atoms with Crippen LogP contribution < -0.4 is 0 Å². The molecule has 3 aromatic rings. The fourth-order valence-electron chi connectivity index (χ4n) is 3.68. The van der Waals surface area contributed by atoms with Crippen molar-refractivity contribution in [3.63, 3.8) is 0 Å². The Morgan fingerprint density at radius 2 is 1.56 bits per heavy atom. The molecule has 5 heteroatoms. The number of hydrogen-bond donors (Lipinski definition) is 0. The van der Waals surface area contributed by atoms with Crippen molar-refractivity contribution in [3.05, 3.63) is 60.4 Å². The van der Waals surface area contributed by atoms with E-state index in [9.17, 15) is 0 Å². The van der Waals surface area contributed by atoms with E-state index in [1.807, 2.05) is 30.3 Å². The number of rotatable bonds is 1. The molecule has 3 heterocycles. The highest BCUT2D eigenvalue weighted by Crippen LogP contribution is 2.32. The lowest BCUT2D eigenvalue weighted by molar-refractivity contribution is 0.509. The van der Waals surface area contributed by atoms with Gasteiger partial charge in [0.25, 0.3) is 0 Å². The zero-order valence-corrected chi connectivity index (χ0v) is 14.0. The predicted octanol–water partition coefficient (Wildman–Crippen LogP) is 3.62. The molecule has 0 atom stereocenters. The quantitative estimate of drug-likeness (QED) is 0.685. The molecule has 5 rings (SSSR count). The van der Waals surface area contributed by atoms with E-state index >= 15 is 0 Å². The maximum atomic E-state index is 5.00. The van der Waals surface area contributed by atoms with Gasteiger partial charge in [0, 0.05) is 18.7 Å². The predicted molar refractivity (Wildman–Crippen MR) is 98.4 cm³/mol. The van der Waals surface area contributed by atoms with Crippen molar-refractivity contribution in [2.75, 3.05) is 13.1 Å². The zero-order chi connectivity index (χ0) is 16.6. The van der Waals surface area contributed by atoms with Crippen LogP contribution in [0.5, 0.6) is 0 Å². The van der Waals surface area contributed by atoms with Crippen LogP contribution in [0, 0.1) is 0 Å². The fraction of sp³-hybridized carbons (Fsp3) is 0.250. The monoisotopic (exact) mass is 329 g/mol. The summed E-state index contributed by atoms with van der Waals surface area (Å²) in [5.74, 6) is 2.94. The molecule has 0 aliphatic carbocycles. The first-order valence-corrected chi connectivity index (χ1v) is 8.82. The van der Waals surface area contributed by atoms with Crippen molar-refractivity contribution in [3.8, 4) is 17.1 Å². The van der Waals surface area contributed by atoms with Crippen LogP contribution in [0.3, 0.4) is 0 Å². The van der Waals surface area contributed by atoms with Gasteiger partial charge in [0.05, 0.1) is 17.8 Å². The average molecular weight is 329 g/mol. The molecule has 2 aliphatic rings. The standard InChI is InChI=1S/C20H19N5/c1-2-8-15(9-3-1)20-23-22-19-14-18(24-12-6-7-13-24)21-16-10-4-5-11-17(16)25(19)20/h1-5,8-11H,6-7,12-14H2. The van der Waals surface area contributed by atoms with E-state index in [4.69, 9.17) is 4.99 Å². The van der Waals surface area contributed by atoms with Crippen molar-refractivity contribution in [2.24, 2.45) is 4.99 Å². The van der Waals surface area contributed by atoms with E-state index in [-0.39, 0.29) is 0 Å². The van der Waals surface area contributed by atoms with Crippen LogP contribution in [-0.2, 0) is 6.42 Å². The minimum Gasteiger partial charge on any atom is -0.360 e. The zero-order valence-electron chi connectivity index (χ0n) is 14.0. The Kier molecular flexibility index (Phi) is 3.37. The van der Waals surface area contributed by atoms with Crippen LogP contribution >= 0.6 is 0 Å². The molecule has 5 nitrogen and oxygen atoms in total. The van der Waals surface area contributed by atoms with Gasteiger partial charge in [-0.15, -0.1) is 10.2 Å². The molecule has 0 radical (unpaired) electrons. The topological polar surface area (TPSA) is 46.3 Å². The Morgan fingerprint density at radius 3 is 2.40 bits per heavy atom. The third-order valence-electron chi connectivity index (χ3n) is 4.92. The normalized spacial score (nSPS) is 16.2. The Hall–Kier alpha value is -2.95. The number of likely N-dealkylation sites (tertiary alicyclic amines) is 1. The Bertz CT molecular complexity index is 936. The minimum atomic E-state index is 0.717. The molecule has 0 bridgehead atoms. The second-order valence-corrected chi connectivity index (χ2v) is 6.53. The van der Waals surface area contributed by atoms with Gasteiger partial charge < -0.3 is 4.90 Å². The Balaban J connectivity index is 1.69. The van der Waals surface area contributed by atoms with Crippen molar-refractivity contribution in [1.29, 1.82) is 0 Å². The summed E-state index contributed by atoms with van der Waals surface area (Å²) in [6.45, 7) is 2.17. The molecule has 2 aromatic carbocycles. The van der Waals surface area contributed by atoms with E-state index in [1.165, 1.54) is 12.8 Å². The summed E-state index contributed by atoms with van der Waals surface area (Å²) in [7, 11) is 0. The summed E-state index contributed by atoms with van der Waals surface area (Å²) in [6, 6.07) is 18.5. The first kappa shape index (κ1) is 14.4. The largest absolute Gasteiger partial charge is 0.360 e. The SMILES string of the molecule is c1ccc(-c2nnc3n2-c2ccccc2N=C(N2CCCC2)C3)cc1. The second kappa shape index (κ2) is 5.84. The number of amidine groups is 1. The molecular weight excluding hydrogens is 310 g/mol. The van der Waals surface area contributed by atoms with Crippen molar-refractivity contribution >= 4 is 11.5 Å². The van der Waals surface area contributed by atoms with Crippen molar-refractivity contribution in [2.45, 2.75) is 19.3 Å². The van der Waals surface area contributed by atoms with E-state index in [0.29, 0.717) is 6.42 Å². The molecule has 0 unspecified atom stereocenters. The molecule has 0 N–H and O–H groups in total. The van der Waals surface area contributed by atoms with Crippen LogP contribution in [0.2, 0.25) is 0 Å². The summed E-state index contributed by atoms with van der Waals surface area (Å²) in [4.78, 5) is 7.39. The molecule has 0 saturated carbocycles. The third kappa shape index (κ3) is 2.43. The first-order chi connectivity index (χ1) is 12.4. The molecule has 25 heavy (non-hydrogen) atoms. The van der Waals surface area contributed by atoms with Crippen molar-refractivity contribution in [1.82, 2.24) is 19.7 Å².